The summed E-state index contributed by atoms with van der Waals surface area (Å²) in [7, 11) is 0. The highest BCUT2D eigenvalue weighted by Crippen LogP contribution is 2.43. The van der Waals surface area contributed by atoms with Crippen molar-refractivity contribution in [2.24, 2.45) is 0 Å². The number of unbranched alkanes of at least 4 members (excludes halogenated alkanes) is 2. The van der Waals surface area contributed by atoms with E-state index in [-0.39, 0.29) is 16.7 Å². The Balaban J connectivity index is 2.16. The van der Waals surface area contributed by atoms with Crippen LogP contribution in [0.2, 0.25) is 0 Å². The molecule has 6 heteroatoms. The number of benzene rings is 1. The molecule has 1 amide bonds. The summed E-state index contributed by atoms with van der Waals surface area (Å²) in [6, 6.07) is 6.90. The molecule has 2 aromatic rings. The molecular weight excluding hydrogens is 434 g/mol. The van der Waals surface area contributed by atoms with Gasteiger partial charge >= 0.3 is 0 Å². The lowest BCUT2D eigenvalue weighted by Crippen LogP contribution is -2.30. The van der Waals surface area contributed by atoms with Crippen molar-refractivity contribution in [2.45, 2.75) is 72.3 Å². The second kappa shape index (κ2) is 10.1. The van der Waals surface area contributed by atoms with Crippen LogP contribution in [-0.2, 0) is 15.0 Å². The fourth-order valence-corrected chi connectivity index (χ4v) is 5.33. The molecule has 0 aliphatic carbocycles. The number of carbonyl (C=O) groups excluding carboxylic acids is 2. The van der Waals surface area contributed by atoms with Crippen LogP contribution in [-0.4, -0.2) is 34.8 Å². The van der Waals surface area contributed by atoms with Crippen molar-refractivity contribution in [3.05, 3.63) is 56.8 Å². The lowest BCUT2D eigenvalue weighted by atomic mass is 9.84. The Morgan fingerprint density at radius 2 is 1.88 bits per heavy atom. The fraction of sp³-hybridized carbons (Fsp3) is 0.481. The molecule has 5 nitrogen and oxygen atoms in total. The number of Topliss-reactive ketones (excluding diaryl/α,β-unsaturated/α-hetero) is 1. The molecule has 1 aliphatic rings. The first-order valence-electron chi connectivity index (χ1n) is 11.7. The SMILES string of the molecule is CCCCCN1C(=O)C(=O)/C(=C(\O)c2ccc(OCC)c(C(C)(C)C)c2)C1c1sccc1C. The predicted molar refractivity (Wildman–Crippen MR) is 134 cm³/mol. The molecule has 1 aliphatic heterocycles. The average molecular weight is 470 g/mol. The van der Waals surface area contributed by atoms with Gasteiger partial charge in [-0.3, -0.25) is 9.59 Å². The van der Waals surface area contributed by atoms with Crippen molar-refractivity contribution in [1.82, 2.24) is 4.90 Å². The summed E-state index contributed by atoms with van der Waals surface area (Å²) in [5.41, 5.74) is 2.42. The highest BCUT2D eigenvalue weighted by molar-refractivity contribution is 7.10. The van der Waals surface area contributed by atoms with E-state index in [4.69, 9.17) is 4.74 Å². The lowest BCUT2D eigenvalue weighted by molar-refractivity contribution is -0.139. The molecular formula is C27H35NO4S. The Morgan fingerprint density at radius 3 is 2.45 bits per heavy atom. The van der Waals surface area contributed by atoms with Gasteiger partial charge in [0.15, 0.2) is 0 Å². The molecule has 1 atom stereocenters. The Morgan fingerprint density at radius 1 is 1.15 bits per heavy atom. The summed E-state index contributed by atoms with van der Waals surface area (Å²) in [6.07, 6.45) is 2.82. The number of thiophene rings is 1. The Labute approximate surface area is 201 Å². The van der Waals surface area contributed by atoms with Crippen molar-refractivity contribution in [2.75, 3.05) is 13.2 Å². The number of amides is 1. The van der Waals surface area contributed by atoms with E-state index < -0.39 is 17.7 Å². The monoisotopic (exact) mass is 469 g/mol. The number of nitrogens with zero attached hydrogens (tertiary/aromatic N) is 1. The van der Waals surface area contributed by atoms with Crippen LogP contribution >= 0.6 is 11.3 Å². The number of ether oxygens (including phenoxy) is 1. The van der Waals surface area contributed by atoms with E-state index in [2.05, 4.69) is 27.7 Å². The zero-order valence-electron chi connectivity index (χ0n) is 20.5. The number of hydrogen-bond donors (Lipinski definition) is 1. The maximum absolute atomic E-state index is 13.2. The zero-order valence-corrected chi connectivity index (χ0v) is 21.3. The van der Waals surface area contributed by atoms with Crippen molar-refractivity contribution in [3.63, 3.8) is 0 Å². The molecule has 1 saturated heterocycles. The highest BCUT2D eigenvalue weighted by Gasteiger charge is 2.46. The summed E-state index contributed by atoms with van der Waals surface area (Å²) in [4.78, 5) is 28.8. The first-order chi connectivity index (χ1) is 15.6. The summed E-state index contributed by atoms with van der Waals surface area (Å²) >= 11 is 1.52. The third-order valence-corrected chi connectivity index (χ3v) is 7.12. The van der Waals surface area contributed by atoms with Crippen LogP contribution in [0.3, 0.4) is 0 Å². The van der Waals surface area contributed by atoms with Crippen LogP contribution in [0.25, 0.3) is 5.76 Å². The van der Waals surface area contributed by atoms with Crippen LogP contribution in [0.5, 0.6) is 5.75 Å². The van der Waals surface area contributed by atoms with Gasteiger partial charge in [0.1, 0.15) is 11.5 Å². The van der Waals surface area contributed by atoms with Crippen LogP contribution in [0, 0.1) is 6.92 Å². The minimum absolute atomic E-state index is 0.127. The number of rotatable bonds is 8. The Kier molecular flexibility index (Phi) is 7.68. The molecule has 0 radical (unpaired) electrons. The maximum Gasteiger partial charge on any atom is 0.295 e. The smallest absolute Gasteiger partial charge is 0.295 e. The van der Waals surface area contributed by atoms with Gasteiger partial charge in [0.05, 0.1) is 18.2 Å². The number of aliphatic hydroxyl groups excluding tert-OH is 1. The van der Waals surface area contributed by atoms with Crippen molar-refractivity contribution < 1.29 is 19.4 Å². The molecule has 1 unspecified atom stereocenters. The Hall–Kier alpha value is -2.60. The normalized spacial score (nSPS) is 18.2. The van der Waals surface area contributed by atoms with Gasteiger partial charge < -0.3 is 14.7 Å². The van der Waals surface area contributed by atoms with Crippen molar-refractivity contribution in [3.8, 4) is 5.75 Å². The van der Waals surface area contributed by atoms with Gasteiger partial charge in [-0.1, -0.05) is 40.5 Å². The topological polar surface area (TPSA) is 66.8 Å². The van der Waals surface area contributed by atoms with Crippen LogP contribution in [0.4, 0.5) is 0 Å². The van der Waals surface area contributed by atoms with E-state index in [1.807, 2.05) is 37.4 Å². The molecule has 0 saturated carbocycles. The van der Waals surface area contributed by atoms with Gasteiger partial charge in [-0.15, -0.1) is 11.3 Å². The summed E-state index contributed by atoms with van der Waals surface area (Å²) in [5.74, 6) is -0.523. The van der Waals surface area contributed by atoms with Gasteiger partial charge in [-0.25, -0.2) is 0 Å². The zero-order chi connectivity index (χ0) is 24.3. The minimum atomic E-state index is -0.618. The predicted octanol–water partition coefficient (Wildman–Crippen LogP) is 6.36. The second-order valence-corrected chi connectivity index (χ2v) is 10.5. The van der Waals surface area contributed by atoms with Gasteiger partial charge in [0.2, 0.25) is 0 Å². The van der Waals surface area contributed by atoms with Crippen LogP contribution < -0.4 is 4.74 Å². The van der Waals surface area contributed by atoms with Crippen LogP contribution in [0.1, 0.15) is 81.5 Å². The van der Waals surface area contributed by atoms with Gasteiger partial charge in [0.25, 0.3) is 11.7 Å². The van der Waals surface area contributed by atoms with Crippen LogP contribution in [0.15, 0.2) is 35.2 Å². The molecule has 1 aromatic carbocycles. The number of ketones is 1. The number of aryl methyl sites for hydroxylation is 1. The number of hydrogen-bond acceptors (Lipinski definition) is 5. The molecule has 178 valence electrons. The van der Waals surface area contributed by atoms with Crippen molar-refractivity contribution in [1.29, 1.82) is 0 Å². The van der Waals surface area contributed by atoms with Gasteiger partial charge in [0, 0.05) is 22.5 Å². The molecule has 1 N–H and O–H groups in total. The van der Waals surface area contributed by atoms with Crippen molar-refractivity contribution >= 4 is 28.8 Å². The first kappa shape index (κ1) is 25.0. The third-order valence-electron chi connectivity index (χ3n) is 6.05. The number of aliphatic hydroxyl groups is 1. The molecule has 1 fully saturated rings. The molecule has 33 heavy (non-hydrogen) atoms. The number of carbonyl (C=O) groups is 2. The summed E-state index contributed by atoms with van der Waals surface area (Å²) in [5, 5.41) is 13.4. The van der Waals surface area contributed by atoms with E-state index in [0.29, 0.717) is 18.7 Å². The second-order valence-electron chi connectivity index (χ2n) is 9.56. The summed E-state index contributed by atoms with van der Waals surface area (Å²) in [6.45, 7) is 13.3. The fourth-order valence-electron chi connectivity index (χ4n) is 4.28. The van der Waals surface area contributed by atoms with E-state index in [9.17, 15) is 14.7 Å². The molecule has 0 bridgehead atoms. The minimum Gasteiger partial charge on any atom is -0.507 e. The highest BCUT2D eigenvalue weighted by atomic mass is 32.1. The number of likely N-dealkylation sites (tertiary alicyclic amines) is 1. The van der Waals surface area contributed by atoms with Gasteiger partial charge in [-0.05, 0) is 60.9 Å². The quantitative estimate of drug-likeness (QED) is 0.211. The Bertz CT molecular complexity index is 1060. The lowest BCUT2D eigenvalue weighted by Gasteiger charge is -2.25. The third kappa shape index (κ3) is 5.01. The van der Waals surface area contributed by atoms with E-state index in [0.717, 1.165) is 41.0 Å². The van der Waals surface area contributed by atoms with E-state index in [1.165, 1.54) is 11.3 Å². The molecule has 3 rings (SSSR count). The van der Waals surface area contributed by atoms with Gasteiger partial charge in [-0.2, -0.15) is 0 Å². The molecule has 1 aromatic heterocycles. The van der Waals surface area contributed by atoms with E-state index >= 15 is 0 Å². The van der Waals surface area contributed by atoms with E-state index in [1.54, 1.807) is 11.0 Å². The standard InChI is InChI=1S/C27H35NO4S/c1-7-9-10-14-28-22(25-17(3)13-15-33-25)21(24(30)26(28)31)23(29)18-11-12-20(32-8-2)19(16-18)27(4,5)6/h11-13,15-16,22,29H,7-10,14H2,1-6H3/b23-21-. The molecule has 0 spiro atoms. The largest absolute Gasteiger partial charge is 0.507 e. The molecule has 2 heterocycles. The summed E-state index contributed by atoms with van der Waals surface area (Å²) < 4.78 is 5.80. The maximum atomic E-state index is 13.2. The first-order valence-corrected chi connectivity index (χ1v) is 12.6. The average Bonchev–Trinajstić information content (AvgIpc) is 3.29.